The molecule has 2 saturated heterocycles. The number of furan rings is 1. The molecule has 0 bridgehead atoms. The molecule has 2 aromatic rings. The van der Waals surface area contributed by atoms with Gasteiger partial charge in [-0.3, -0.25) is 14.6 Å². The van der Waals surface area contributed by atoms with E-state index in [-0.39, 0.29) is 19.1 Å². The Morgan fingerprint density at radius 3 is 2.36 bits per heavy atom. The highest BCUT2D eigenvalue weighted by molar-refractivity contribution is 6.30. The minimum atomic E-state index is -0.409. The second-order valence-corrected chi connectivity index (χ2v) is 8.54. The summed E-state index contributed by atoms with van der Waals surface area (Å²) in [5, 5.41) is 15.0. The number of nitrogens with zero attached hydrogens (tertiary/aromatic N) is 5. The third-order valence-electron chi connectivity index (χ3n) is 5.85. The predicted octanol–water partition coefficient (Wildman–Crippen LogP) is 2.20. The third-order valence-corrected chi connectivity index (χ3v) is 6.11. The first-order chi connectivity index (χ1) is 16.0. The van der Waals surface area contributed by atoms with E-state index in [9.17, 15) is 9.59 Å². The molecule has 2 aliphatic rings. The average molecular weight is 474 g/mol. The summed E-state index contributed by atoms with van der Waals surface area (Å²) in [6, 6.07) is 10.5. The summed E-state index contributed by atoms with van der Waals surface area (Å²) in [7, 11) is 0. The van der Waals surface area contributed by atoms with Crippen LogP contribution in [-0.2, 0) is 4.79 Å². The van der Waals surface area contributed by atoms with Crippen LogP contribution >= 0.6 is 11.6 Å². The largest absolute Gasteiger partial charge is 0.455 e. The maximum atomic E-state index is 12.6. The van der Waals surface area contributed by atoms with E-state index in [1.54, 1.807) is 18.2 Å². The first-order valence-corrected chi connectivity index (χ1v) is 11.5. The fraction of sp³-hybridized carbons (Fsp3) is 0.435. The Kier molecular flexibility index (Phi) is 7.77. The molecule has 0 aliphatic carbocycles. The van der Waals surface area contributed by atoms with Gasteiger partial charge in [0.15, 0.2) is 0 Å². The topological polar surface area (TPSA) is 92.8 Å². The van der Waals surface area contributed by atoms with Crippen molar-refractivity contribution in [1.29, 1.82) is 0 Å². The van der Waals surface area contributed by atoms with E-state index < -0.39 is 6.03 Å². The van der Waals surface area contributed by atoms with E-state index in [0.717, 1.165) is 44.7 Å². The normalized spacial score (nSPS) is 18.2. The molecule has 176 valence electrons. The number of aliphatic hydroxyl groups is 1. The third kappa shape index (κ3) is 6.00. The zero-order valence-corrected chi connectivity index (χ0v) is 19.2. The number of imide groups is 1. The Morgan fingerprint density at radius 2 is 1.67 bits per heavy atom. The molecule has 33 heavy (non-hydrogen) atoms. The Labute approximate surface area is 197 Å². The van der Waals surface area contributed by atoms with Gasteiger partial charge in [0.25, 0.3) is 5.91 Å². The summed E-state index contributed by atoms with van der Waals surface area (Å²) in [6.07, 6.45) is 2.16. The van der Waals surface area contributed by atoms with Crippen molar-refractivity contribution in [2.24, 2.45) is 5.10 Å². The number of rotatable bonds is 9. The Morgan fingerprint density at radius 1 is 0.970 bits per heavy atom. The van der Waals surface area contributed by atoms with E-state index in [0.29, 0.717) is 29.6 Å². The Bertz CT molecular complexity index is 985. The lowest BCUT2D eigenvalue weighted by Crippen LogP contribution is -2.47. The number of carbonyl (C=O) groups is 2. The van der Waals surface area contributed by atoms with Crippen molar-refractivity contribution >= 4 is 29.8 Å². The molecule has 3 heterocycles. The van der Waals surface area contributed by atoms with E-state index in [1.165, 1.54) is 16.1 Å². The lowest BCUT2D eigenvalue weighted by atomic mass is 10.2. The Hall–Kier alpha value is -2.72. The summed E-state index contributed by atoms with van der Waals surface area (Å²) in [5.41, 5.74) is 0.882. The van der Waals surface area contributed by atoms with E-state index in [1.807, 2.05) is 18.2 Å². The molecule has 4 rings (SSSR count). The number of β-amino-alcohol motifs (C(OH)–C–C–N with tert-alkyl or cyclic N) is 1. The van der Waals surface area contributed by atoms with Crippen LogP contribution in [0.3, 0.4) is 0 Å². The van der Waals surface area contributed by atoms with Gasteiger partial charge < -0.3 is 14.4 Å². The number of benzene rings is 1. The molecule has 0 radical (unpaired) electrons. The van der Waals surface area contributed by atoms with Gasteiger partial charge in [-0.05, 0) is 49.4 Å². The molecule has 2 aliphatic heterocycles. The molecule has 1 N–H and O–H groups in total. The molecule has 2 fully saturated rings. The smallest absolute Gasteiger partial charge is 0.347 e. The van der Waals surface area contributed by atoms with Crippen LogP contribution in [0.5, 0.6) is 0 Å². The fourth-order valence-corrected chi connectivity index (χ4v) is 4.11. The molecule has 10 heteroatoms. The van der Waals surface area contributed by atoms with E-state index >= 15 is 0 Å². The van der Waals surface area contributed by atoms with Crippen LogP contribution in [0.1, 0.15) is 12.2 Å². The molecular formula is C23H28ClN5O4. The van der Waals surface area contributed by atoms with Crippen molar-refractivity contribution in [3.63, 3.8) is 0 Å². The van der Waals surface area contributed by atoms with Crippen molar-refractivity contribution < 1.29 is 19.1 Å². The first kappa shape index (κ1) is 23.4. The second kappa shape index (κ2) is 10.9. The zero-order valence-electron chi connectivity index (χ0n) is 18.4. The number of aliphatic hydroxyl groups excluding tert-OH is 1. The number of piperazine rings is 1. The number of hydrazone groups is 1. The van der Waals surface area contributed by atoms with Crippen LogP contribution in [0.25, 0.3) is 11.3 Å². The second-order valence-electron chi connectivity index (χ2n) is 8.10. The summed E-state index contributed by atoms with van der Waals surface area (Å²) >= 11 is 5.92. The summed E-state index contributed by atoms with van der Waals surface area (Å²) in [6.45, 7) is 5.74. The highest BCUT2D eigenvalue weighted by atomic mass is 35.5. The lowest BCUT2D eigenvalue weighted by molar-refractivity contribution is -0.125. The van der Waals surface area contributed by atoms with Crippen molar-refractivity contribution in [3.8, 4) is 11.3 Å². The van der Waals surface area contributed by atoms with Gasteiger partial charge in [-0.15, -0.1) is 0 Å². The van der Waals surface area contributed by atoms with Crippen LogP contribution < -0.4 is 0 Å². The van der Waals surface area contributed by atoms with Crippen LogP contribution in [0.4, 0.5) is 4.79 Å². The van der Waals surface area contributed by atoms with Crippen molar-refractivity contribution in [1.82, 2.24) is 19.7 Å². The lowest BCUT2D eigenvalue weighted by Gasteiger charge is -2.34. The van der Waals surface area contributed by atoms with Crippen molar-refractivity contribution in [2.75, 3.05) is 59.0 Å². The number of carbonyl (C=O) groups excluding carboxylic acids is 2. The maximum absolute atomic E-state index is 12.6. The molecule has 0 spiro atoms. The molecule has 3 amide bonds. The standard InChI is InChI=1S/C23H28ClN5O4/c24-19-4-2-18(3-5-19)21-7-6-20(33-21)16-25-29-17-22(31)28(23(29)32)9-1-8-26-10-12-27(13-11-26)14-15-30/h2-7,16,30H,1,8-15,17H2/b25-16-. The van der Waals surface area contributed by atoms with Gasteiger partial charge in [0.1, 0.15) is 18.1 Å². The van der Waals surface area contributed by atoms with Gasteiger partial charge in [-0.25, -0.2) is 9.80 Å². The average Bonchev–Trinajstić information content (AvgIpc) is 3.39. The van der Waals surface area contributed by atoms with Crippen LogP contribution in [0.15, 0.2) is 45.9 Å². The minimum absolute atomic E-state index is 0.0695. The molecule has 0 unspecified atom stereocenters. The molecule has 0 saturated carbocycles. The quantitative estimate of drug-likeness (QED) is 0.443. The zero-order chi connectivity index (χ0) is 23.2. The molecular weight excluding hydrogens is 446 g/mol. The van der Waals surface area contributed by atoms with Gasteiger partial charge in [0.05, 0.1) is 12.8 Å². The van der Waals surface area contributed by atoms with Gasteiger partial charge >= 0.3 is 6.03 Å². The number of amides is 3. The molecule has 0 atom stereocenters. The SMILES string of the molecule is O=C1CN(/N=C\c2ccc(-c3ccc(Cl)cc3)o2)C(=O)N1CCCN1CCN(CCO)CC1. The molecule has 9 nitrogen and oxygen atoms in total. The number of urea groups is 1. The predicted molar refractivity (Wildman–Crippen MR) is 125 cm³/mol. The highest BCUT2D eigenvalue weighted by Crippen LogP contribution is 2.23. The minimum Gasteiger partial charge on any atom is -0.455 e. The van der Waals surface area contributed by atoms with Gasteiger partial charge in [-0.1, -0.05) is 11.6 Å². The van der Waals surface area contributed by atoms with E-state index in [2.05, 4.69) is 14.9 Å². The molecule has 1 aromatic heterocycles. The van der Waals surface area contributed by atoms with Crippen molar-refractivity contribution in [2.45, 2.75) is 6.42 Å². The van der Waals surface area contributed by atoms with Gasteiger partial charge in [0.2, 0.25) is 0 Å². The Balaban J connectivity index is 1.25. The number of hydrogen-bond donors (Lipinski definition) is 1. The van der Waals surface area contributed by atoms with Gasteiger partial charge in [0, 0.05) is 49.9 Å². The van der Waals surface area contributed by atoms with Crippen LogP contribution in [-0.4, -0.2) is 102 Å². The van der Waals surface area contributed by atoms with E-state index in [4.69, 9.17) is 21.1 Å². The summed E-state index contributed by atoms with van der Waals surface area (Å²) < 4.78 is 5.76. The summed E-state index contributed by atoms with van der Waals surface area (Å²) in [5.74, 6) is 0.904. The number of hydrogen-bond acceptors (Lipinski definition) is 7. The number of halogens is 1. The fourth-order valence-electron chi connectivity index (χ4n) is 3.99. The monoisotopic (exact) mass is 473 g/mol. The van der Waals surface area contributed by atoms with Crippen LogP contribution in [0.2, 0.25) is 5.02 Å². The first-order valence-electron chi connectivity index (χ1n) is 11.1. The maximum Gasteiger partial charge on any atom is 0.347 e. The molecule has 1 aromatic carbocycles. The van der Waals surface area contributed by atoms with Crippen LogP contribution in [0, 0.1) is 0 Å². The summed E-state index contributed by atoms with van der Waals surface area (Å²) in [4.78, 5) is 30.8. The van der Waals surface area contributed by atoms with Gasteiger partial charge in [-0.2, -0.15) is 5.10 Å². The highest BCUT2D eigenvalue weighted by Gasteiger charge is 2.35. The van der Waals surface area contributed by atoms with Crippen molar-refractivity contribution in [3.05, 3.63) is 47.2 Å².